The molecule has 0 aliphatic carbocycles. The molecule has 0 N–H and O–H groups in total. The smallest absolute Gasteiger partial charge is 0.185 e. The number of nitriles is 1. The van der Waals surface area contributed by atoms with Gasteiger partial charge in [0.2, 0.25) is 0 Å². The molecule has 0 fully saturated rings. The van der Waals surface area contributed by atoms with Crippen LogP contribution in [0.5, 0.6) is 0 Å². The Hall–Kier alpha value is -2.73. The average Bonchev–Trinajstić information content (AvgIpc) is 2.45. The third-order valence-electron chi connectivity index (χ3n) is 2.58. The predicted molar refractivity (Wildman–Crippen MR) is 70.9 cm³/mol. The van der Waals surface area contributed by atoms with Crippen molar-refractivity contribution < 1.29 is 9.18 Å². The summed E-state index contributed by atoms with van der Waals surface area (Å²) in [5.41, 5.74) is 1.68. The van der Waals surface area contributed by atoms with Gasteiger partial charge in [-0.05, 0) is 35.9 Å². The average molecular weight is 251 g/mol. The number of carbonyl (C=O) groups is 1. The molecule has 19 heavy (non-hydrogen) atoms. The zero-order valence-electron chi connectivity index (χ0n) is 10.0. The highest BCUT2D eigenvalue weighted by molar-refractivity contribution is 6.06. The van der Waals surface area contributed by atoms with Crippen LogP contribution in [0.25, 0.3) is 6.08 Å². The van der Waals surface area contributed by atoms with E-state index in [-0.39, 0.29) is 5.78 Å². The molecule has 0 radical (unpaired) electrons. The second kappa shape index (κ2) is 5.74. The highest BCUT2D eigenvalue weighted by Gasteiger charge is 2.02. The van der Waals surface area contributed by atoms with Crippen LogP contribution < -0.4 is 0 Å². The van der Waals surface area contributed by atoms with Gasteiger partial charge in [-0.2, -0.15) is 5.26 Å². The van der Waals surface area contributed by atoms with E-state index in [0.29, 0.717) is 11.1 Å². The summed E-state index contributed by atoms with van der Waals surface area (Å²) < 4.78 is 13.0. The minimum absolute atomic E-state index is 0.260. The molecule has 3 heteroatoms. The first-order valence-electron chi connectivity index (χ1n) is 5.67. The van der Waals surface area contributed by atoms with Crippen molar-refractivity contribution in [2.24, 2.45) is 0 Å². The van der Waals surface area contributed by atoms with Crippen molar-refractivity contribution in [2.45, 2.75) is 0 Å². The molecule has 0 unspecified atom stereocenters. The number of rotatable bonds is 3. The van der Waals surface area contributed by atoms with Gasteiger partial charge in [-0.3, -0.25) is 4.79 Å². The van der Waals surface area contributed by atoms with Crippen molar-refractivity contribution >= 4 is 11.9 Å². The number of carbonyl (C=O) groups excluding carboxylic acids is 1. The quantitative estimate of drug-likeness (QED) is 0.617. The van der Waals surface area contributed by atoms with E-state index >= 15 is 0 Å². The van der Waals surface area contributed by atoms with E-state index in [1.807, 2.05) is 6.07 Å². The van der Waals surface area contributed by atoms with Crippen LogP contribution in [0.3, 0.4) is 0 Å². The minimum atomic E-state index is -0.433. The maximum absolute atomic E-state index is 13.0. The summed E-state index contributed by atoms with van der Waals surface area (Å²) in [4.78, 5) is 11.8. The van der Waals surface area contributed by atoms with Gasteiger partial charge < -0.3 is 0 Å². The Bertz CT molecular complexity index is 666. The maximum Gasteiger partial charge on any atom is 0.185 e. The number of hydrogen-bond acceptors (Lipinski definition) is 2. The SMILES string of the molecule is N#Cc1ccc(/C=C/C(=O)c2cccc(F)c2)cc1. The normalized spacial score (nSPS) is 10.3. The highest BCUT2D eigenvalue weighted by atomic mass is 19.1. The molecule has 0 spiro atoms. The number of ketones is 1. The Kier molecular flexibility index (Phi) is 3.84. The summed E-state index contributed by atoms with van der Waals surface area (Å²) in [7, 11) is 0. The van der Waals surface area contributed by atoms with Crippen molar-refractivity contribution in [3.63, 3.8) is 0 Å². The van der Waals surface area contributed by atoms with Crippen molar-refractivity contribution in [2.75, 3.05) is 0 Å². The van der Waals surface area contributed by atoms with Crippen molar-refractivity contribution in [1.29, 1.82) is 5.26 Å². The number of halogens is 1. The molecule has 2 aromatic carbocycles. The fraction of sp³-hybridized carbons (Fsp3) is 0. The van der Waals surface area contributed by atoms with Gasteiger partial charge in [-0.15, -0.1) is 0 Å². The largest absolute Gasteiger partial charge is 0.289 e. The first-order chi connectivity index (χ1) is 9.19. The van der Waals surface area contributed by atoms with E-state index in [2.05, 4.69) is 0 Å². The highest BCUT2D eigenvalue weighted by Crippen LogP contribution is 2.08. The molecular formula is C16H10FNO. The topological polar surface area (TPSA) is 40.9 Å². The van der Waals surface area contributed by atoms with Crippen LogP contribution in [0.1, 0.15) is 21.5 Å². The predicted octanol–water partition coefficient (Wildman–Crippen LogP) is 3.59. The van der Waals surface area contributed by atoms with E-state index in [1.54, 1.807) is 36.4 Å². The first-order valence-corrected chi connectivity index (χ1v) is 5.67. The number of allylic oxidation sites excluding steroid dienone is 1. The van der Waals surface area contributed by atoms with Gasteiger partial charge in [0.25, 0.3) is 0 Å². The molecular weight excluding hydrogens is 241 g/mol. The third-order valence-corrected chi connectivity index (χ3v) is 2.58. The molecule has 0 saturated heterocycles. The van der Waals surface area contributed by atoms with E-state index in [4.69, 9.17) is 5.26 Å². The Morgan fingerprint density at radius 1 is 1.16 bits per heavy atom. The van der Waals surface area contributed by atoms with Crippen LogP contribution in [-0.4, -0.2) is 5.78 Å². The van der Waals surface area contributed by atoms with Gasteiger partial charge >= 0.3 is 0 Å². The molecule has 0 saturated carbocycles. The monoisotopic (exact) mass is 251 g/mol. The molecule has 0 bridgehead atoms. The zero-order valence-corrected chi connectivity index (χ0v) is 10.0. The summed E-state index contributed by atoms with van der Waals surface area (Å²) in [6.07, 6.45) is 3.02. The molecule has 92 valence electrons. The van der Waals surface area contributed by atoms with Gasteiger partial charge in [0.15, 0.2) is 5.78 Å². The van der Waals surface area contributed by atoms with Crippen LogP contribution in [-0.2, 0) is 0 Å². The van der Waals surface area contributed by atoms with Gasteiger partial charge in [-0.25, -0.2) is 4.39 Å². The summed E-state index contributed by atoms with van der Waals surface area (Å²) in [6.45, 7) is 0. The number of nitrogens with zero attached hydrogens (tertiary/aromatic N) is 1. The van der Waals surface area contributed by atoms with Crippen LogP contribution in [0.2, 0.25) is 0 Å². The second-order valence-corrected chi connectivity index (χ2v) is 3.94. The molecule has 0 atom stereocenters. The summed E-state index contributed by atoms with van der Waals surface area (Å²) >= 11 is 0. The summed E-state index contributed by atoms with van der Waals surface area (Å²) in [6, 6.07) is 14.4. The Labute approximate surface area is 110 Å². The lowest BCUT2D eigenvalue weighted by atomic mass is 10.1. The summed E-state index contributed by atoms with van der Waals surface area (Å²) in [5.74, 6) is -0.693. The third kappa shape index (κ3) is 3.36. The molecule has 0 amide bonds. The maximum atomic E-state index is 13.0. The molecule has 2 aromatic rings. The van der Waals surface area contributed by atoms with E-state index < -0.39 is 5.82 Å². The first kappa shape index (κ1) is 12.7. The minimum Gasteiger partial charge on any atom is -0.289 e. The van der Waals surface area contributed by atoms with Crippen molar-refractivity contribution in [3.05, 3.63) is 77.1 Å². The van der Waals surface area contributed by atoms with E-state index in [1.165, 1.54) is 24.3 Å². The van der Waals surface area contributed by atoms with Crippen molar-refractivity contribution in [3.8, 4) is 6.07 Å². The standard InChI is InChI=1S/C16H10FNO/c17-15-3-1-2-14(10-15)16(19)9-8-12-4-6-13(11-18)7-5-12/h1-10H/b9-8+. The fourth-order valence-electron chi connectivity index (χ4n) is 1.58. The molecule has 2 nitrogen and oxygen atoms in total. The van der Waals surface area contributed by atoms with E-state index in [0.717, 1.165) is 5.56 Å². The molecule has 0 aromatic heterocycles. The lowest BCUT2D eigenvalue weighted by molar-refractivity contribution is 0.104. The second-order valence-electron chi connectivity index (χ2n) is 3.94. The number of hydrogen-bond donors (Lipinski definition) is 0. The van der Waals surface area contributed by atoms with Gasteiger partial charge in [0.05, 0.1) is 11.6 Å². The Morgan fingerprint density at radius 2 is 1.89 bits per heavy atom. The Balaban J connectivity index is 2.14. The molecule has 0 aliphatic rings. The number of benzene rings is 2. The molecule has 0 heterocycles. The van der Waals surface area contributed by atoms with Crippen LogP contribution >= 0.6 is 0 Å². The lowest BCUT2D eigenvalue weighted by Crippen LogP contribution is -1.94. The Morgan fingerprint density at radius 3 is 2.53 bits per heavy atom. The van der Waals surface area contributed by atoms with Crippen molar-refractivity contribution in [1.82, 2.24) is 0 Å². The van der Waals surface area contributed by atoms with Gasteiger partial charge in [-0.1, -0.05) is 30.3 Å². The fourth-order valence-corrected chi connectivity index (χ4v) is 1.58. The van der Waals surface area contributed by atoms with Crippen LogP contribution in [0, 0.1) is 17.1 Å². The van der Waals surface area contributed by atoms with E-state index in [9.17, 15) is 9.18 Å². The van der Waals surface area contributed by atoms with Gasteiger partial charge in [0, 0.05) is 5.56 Å². The zero-order chi connectivity index (χ0) is 13.7. The molecule has 0 aliphatic heterocycles. The van der Waals surface area contributed by atoms with Gasteiger partial charge in [0.1, 0.15) is 5.82 Å². The lowest BCUT2D eigenvalue weighted by Gasteiger charge is -1.96. The van der Waals surface area contributed by atoms with Crippen LogP contribution in [0.4, 0.5) is 4.39 Å². The summed E-state index contributed by atoms with van der Waals surface area (Å²) in [5, 5.41) is 8.66. The molecule has 2 rings (SSSR count). The van der Waals surface area contributed by atoms with Crippen LogP contribution in [0.15, 0.2) is 54.6 Å².